The Morgan fingerprint density at radius 1 is 1.10 bits per heavy atom. The minimum Gasteiger partial charge on any atom is -0.507 e. The molecule has 2 aromatic rings. The molecular formula is C23H26N2O5. The Labute approximate surface area is 175 Å². The largest absolute Gasteiger partial charge is 0.507 e. The number of rotatable bonds is 9. The molecule has 1 unspecified atom stereocenters. The van der Waals surface area contributed by atoms with Crippen molar-refractivity contribution < 1.29 is 24.2 Å². The molecule has 1 aliphatic heterocycles. The fraction of sp³-hybridized carbons (Fsp3) is 0.348. The molecule has 0 aliphatic carbocycles. The van der Waals surface area contributed by atoms with Crippen LogP contribution in [0.2, 0.25) is 0 Å². The average molecular weight is 410 g/mol. The van der Waals surface area contributed by atoms with E-state index in [1.54, 1.807) is 55.9 Å². The summed E-state index contributed by atoms with van der Waals surface area (Å²) in [6, 6.07) is 9.65. The first-order valence-corrected chi connectivity index (χ1v) is 9.99. The Morgan fingerprint density at radius 3 is 2.43 bits per heavy atom. The van der Waals surface area contributed by atoms with Gasteiger partial charge in [0, 0.05) is 38.2 Å². The number of ether oxygens (including phenoxy) is 2. The number of aliphatic hydroxyl groups excluding tert-OH is 1. The third-order valence-corrected chi connectivity index (χ3v) is 4.91. The highest BCUT2D eigenvalue weighted by Crippen LogP contribution is 2.39. The van der Waals surface area contributed by atoms with E-state index in [0.29, 0.717) is 43.1 Å². The van der Waals surface area contributed by atoms with Gasteiger partial charge in [-0.1, -0.05) is 6.92 Å². The summed E-state index contributed by atoms with van der Waals surface area (Å²) in [4.78, 5) is 31.1. The Balaban J connectivity index is 2.00. The summed E-state index contributed by atoms with van der Waals surface area (Å²) in [5, 5.41) is 11.0. The lowest BCUT2D eigenvalue weighted by atomic mass is 9.96. The van der Waals surface area contributed by atoms with Gasteiger partial charge in [-0.25, -0.2) is 0 Å². The predicted molar refractivity (Wildman–Crippen MR) is 112 cm³/mol. The van der Waals surface area contributed by atoms with Crippen molar-refractivity contribution in [3.63, 3.8) is 0 Å². The number of aliphatic hydroxyl groups is 1. The molecule has 1 aliphatic rings. The highest BCUT2D eigenvalue weighted by atomic mass is 16.5. The number of carbonyl (C=O) groups excluding carboxylic acids is 2. The molecule has 2 heterocycles. The number of likely N-dealkylation sites (tertiary alicyclic amines) is 1. The van der Waals surface area contributed by atoms with Gasteiger partial charge < -0.3 is 19.5 Å². The number of Topliss-reactive ketones (excluding diaryl/α,β-unsaturated/α-hetero) is 1. The number of benzene rings is 1. The molecule has 158 valence electrons. The second kappa shape index (κ2) is 10.0. The lowest BCUT2D eigenvalue weighted by molar-refractivity contribution is -0.140. The summed E-state index contributed by atoms with van der Waals surface area (Å²) in [6.45, 7) is 3.42. The zero-order valence-corrected chi connectivity index (χ0v) is 17.2. The number of methoxy groups -OCH3 is 1. The van der Waals surface area contributed by atoms with Crippen molar-refractivity contribution in [2.24, 2.45) is 0 Å². The molecule has 1 N–H and O–H groups in total. The molecule has 7 heteroatoms. The number of carbonyl (C=O) groups is 2. The smallest absolute Gasteiger partial charge is 0.295 e. The molecule has 3 rings (SSSR count). The zero-order chi connectivity index (χ0) is 21.5. The van der Waals surface area contributed by atoms with Crippen molar-refractivity contribution in [3.05, 3.63) is 65.5 Å². The lowest BCUT2D eigenvalue weighted by Gasteiger charge is -2.25. The molecule has 30 heavy (non-hydrogen) atoms. The van der Waals surface area contributed by atoms with Crippen LogP contribution in [0.25, 0.3) is 5.76 Å². The van der Waals surface area contributed by atoms with Crippen LogP contribution in [0, 0.1) is 0 Å². The molecule has 1 saturated heterocycles. The molecule has 1 aromatic carbocycles. The third-order valence-electron chi connectivity index (χ3n) is 4.91. The fourth-order valence-electron chi connectivity index (χ4n) is 3.47. The minimum atomic E-state index is -0.696. The second-order valence-electron chi connectivity index (χ2n) is 6.99. The number of pyridine rings is 1. The summed E-state index contributed by atoms with van der Waals surface area (Å²) < 4.78 is 10.7. The van der Waals surface area contributed by atoms with Crippen LogP contribution in [-0.4, -0.2) is 53.5 Å². The van der Waals surface area contributed by atoms with Crippen LogP contribution in [0.5, 0.6) is 5.75 Å². The quantitative estimate of drug-likeness (QED) is 0.295. The van der Waals surface area contributed by atoms with Crippen molar-refractivity contribution in [2.45, 2.75) is 25.8 Å². The molecule has 1 atom stereocenters. The van der Waals surface area contributed by atoms with E-state index in [9.17, 15) is 14.7 Å². The minimum absolute atomic E-state index is 0.0749. The van der Waals surface area contributed by atoms with Crippen LogP contribution in [0.1, 0.15) is 36.9 Å². The predicted octanol–water partition coefficient (Wildman–Crippen LogP) is 3.33. The van der Waals surface area contributed by atoms with Gasteiger partial charge in [0.15, 0.2) is 0 Å². The van der Waals surface area contributed by atoms with Crippen LogP contribution in [0.3, 0.4) is 0 Å². The Kier molecular flexibility index (Phi) is 7.19. The van der Waals surface area contributed by atoms with E-state index in [0.717, 1.165) is 6.42 Å². The molecule has 0 bridgehead atoms. The maximum Gasteiger partial charge on any atom is 0.295 e. The van der Waals surface area contributed by atoms with Crippen molar-refractivity contribution >= 4 is 17.4 Å². The molecular weight excluding hydrogens is 384 g/mol. The number of nitrogens with zero attached hydrogens (tertiary/aromatic N) is 2. The van der Waals surface area contributed by atoms with E-state index in [1.807, 2.05) is 6.92 Å². The van der Waals surface area contributed by atoms with Gasteiger partial charge in [0.25, 0.3) is 11.7 Å². The van der Waals surface area contributed by atoms with E-state index in [1.165, 1.54) is 4.90 Å². The molecule has 1 fully saturated rings. The SMILES string of the molecule is CCCOc1ccc(/C(O)=C2\C(=O)C(=O)N(CCCOC)C2c2ccncc2)cc1. The van der Waals surface area contributed by atoms with Crippen molar-refractivity contribution in [1.29, 1.82) is 0 Å². The molecule has 1 amide bonds. The maximum atomic E-state index is 12.9. The summed E-state index contributed by atoms with van der Waals surface area (Å²) >= 11 is 0. The summed E-state index contributed by atoms with van der Waals surface area (Å²) in [5.74, 6) is -0.846. The van der Waals surface area contributed by atoms with E-state index in [-0.39, 0.29) is 11.3 Å². The number of aromatic nitrogens is 1. The van der Waals surface area contributed by atoms with Crippen LogP contribution in [0.4, 0.5) is 0 Å². The van der Waals surface area contributed by atoms with E-state index in [4.69, 9.17) is 9.47 Å². The van der Waals surface area contributed by atoms with Gasteiger partial charge in [0.05, 0.1) is 18.2 Å². The molecule has 1 aromatic heterocycles. The van der Waals surface area contributed by atoms with Crippen LogP contribution < -0.4 is 4.74 Å². The third kappa shape index (κ3) is 4.52. The number of hydrogen-bond donors (Lipinski definition) is 1. The van der Waals surface area contributed by atoms with Crippen molar-refractivity contribution in [2.75, 3.05) is 26.9 Å². The number of ketones is 1. The second-order valence-corrected chi connectivity index (χ2v) is 6.99. The highest BCUT2D eigenvalue weighted by Gasteiger charge is 2.45. The van der Waals surface area contributed by atoms with Gasteiger partial charge in [0.2, 0.25) is 0 Å². The van der Waals surface area contributed by atoms with Gasteiger partial charge in [-0.2, -0.15) is 0 Å². The molecule has 0 spiro atoms. The van der Waals surface area contributed by atoms with Crippen molar-refractivity contribution in [3.8, 4) is 5.75 Å². The Hall–Kier alpha value is -3.19. The maximum absolute atomic E-state index is 12.9. The first kappa shape index (κ1) is 21.5. The van der Waals surface area contributed by atoms with E-state index in [2.05, 4.69) is 4.98 Å². The van der Waals surface area contributed by atoms with Gasteiger partial charge in [-0.05, 0) is 54.8 Å². The average Bonchev–Trinajstić information content (AvgIpc) is 3.03. The normalized spacial score (nSPS) is 18.1. The van der Waals surface area contributed by atoms with Gasteiger partial charge in [-0.15, -0.1) is 0 Å². The van der Waals surface area contributed by atoms with Crippen LogP contribution in [0.15, 0.2) is 54.4 Å². The van der Waals surface area contributed by atoms with Crippen LogP contribution >= 0.6 is 0 Å². The van der Waals surface area contributed by atoms with Crippen molar-refractivity contribution in [1.82, 2.24) is 9.88 Å². The van der Waals surface area contributed by atoms with Gasteiger partial charge in [0.1, 0.15) is 11.5 Å². The topological polar surface area (TPSA) is 89.0 Å². The van der Waals surface area contributed by atoms with Gasteiger partial charge >= 0.3 is 0 Å². The standard InChI is InChI=1S/C23H26N2O5/c1-3-14-30-18-7-5-17(6-8-18)21(26)19-20(16-9-11-24-12-10-16)25(13-4-15-29-2)23(28)22(19)27/h5-12,20,26H,3-4,13-15H2,1-2H3/b21-19+. The van der Waals surface area contributed by atoms with Crippen LogP contribution in [-0.2, 0) is 14.3 Å². The monoisotopic (exact) mass is 410 g/mol. The highest BCUT2D eigenvalue weighted by molar-refractivity contribution is 6.46. The molecule has 0 radical (unpaired) electrons. The summed E-state index contributed by atoms with van der Waals surface area (Å²) in [5.41, 5.74) is 1.24. The summed E-state index contributed by atoms with van der Waals surface area (Å²) in [7, 11) is 1.59. The zero-order valence-electron chi connectivity index (χ0n) is 17.2. The number of amides is 1. The van der Waals surface area contributed by atoms with Gasteiger partial charge in [-0.3, -0.25) is 14.6 Å². The Morgan fingerprint density at radius 2 is 1.80 bits per heavy atom. The van der Waals surface area contributed by atoms with E-state index < -0.39 is 17.7 Å². The first-order valence-electron chi connectivity index (χ1n) is 9.99. The molecule has 0 saturated carbocycles. The number of hydrogen-bond acceptors (Lipinski definition) is 6. The first-order chi connectivity index (χ1) is 14.6. The summed E-state index contributed by atoms with van der Waals surface area (Å²) in [6.07, 6.45) is 4.67. The molecule has 7 nitrogen and oxygen atoms in total. The van der Waals surface area contributed by atoms with E-state index >= 15 is 0 Å². The Bertz CT molecular complexity index is 909. The lowest BCUT2D eigenvalue weighted by Crippen LogP contribution is -2.31. The fourth-order valence-corrected chi connectivity index (χ4v) is 3.47.